The molecule has 1 fully saturated rings. The van der Waals surface area contributed by atoms with E-state index in [2.05, 4.69) is 31.0 Å². The zero-order valence-corrected chi connectivity index (χ0v) is 12.2. The molecular weight excluding hydrogens is 239 g/mol. The van der Waals surface area contributed by atoms with Crippen molar-refractivity contribution in [1.82, 2.24) is 10.2 Å². The first-order valence-corrected chi connectivity index (χ1v) is 7.16. The van der Waals surface area contributed by atoms with Crippen LogP contribution in [0.1, 0.15) is 38.8 Å². The molecule has 1 N–H and O–H groups in total. The Morgan fingerprint density at radius 1 is 1.16 bits per heavy atom. The average molecular weight is 264 g/mol. The molecule has 0 saturated carbocycles. The van der Waals surface area contributed by atoms with Crippen LogP contribution in [-0.2, 0) is 0 Å². The van der Waals surface area contributed by atoms with Crippen LogP contribution in [0.3, 0.4) is 0 Å². The van der Waals surface area contributed by atoms with Gasteiger partial charge >= 0.3 is 0 Å². The van der Waals surface area contributed by atoms with E-state index >= 15 is 0 Å². The number of nitrogens with zero attached hydrogens (tertiary/aromatic N) is 1. The fourth-order valence-electron chi connectivity index (χ4n) is 2.72. The lowest BCUT2D eigenvalue weighted by atomic mass is 9.84. The standard InChI is InChI=1S/C16H25FN2/c1-16(2,3)12-15(19-10-8-18-9-11-19)13-4-6-14(17)7-5-13/h4-7,15,18H,8-12H2,1-3H3. The number of hydrogen-bond acceptors (Lipinski definition) is 2. The van der Waals surface area contributed by atoms with Crippen molar-refractivity contribution >= 4 is 0 Å². The molecule has 3 heteroatoms. The molecular formula is C16H25FN2. The highest BCUT2D eigenvalue weighted by molar-refractivity contribution is 5.20. The molecule has 1 atom stereocenters. The fourth-order valence-corrected chi connectivity index (χ4v) is 2.72. The smallest absolute Gasteiger partial charge is 0.123 e. The van der Waals surface area contributed by atoms with Crippen LogP contribution in [0, 0.1) is 11.2 Å². The van der Waals surface area contributed by atoms with Crippen molar-refractivity contribution in [3.8, 4) is 0 Å². The number of hydrogen-bond donors (Lipinski definition) is 1. The average Bonchev–Trinajstić information content (AvgIpc) is 2.37. The molecule has 0 aromatic heterocycles. The first-order valence-electron chi connectivity index (χ1n) is 7.16. The molecule has 1 aromatic carbocycles. The van der Waals surface area contributed by atoms with Gasteiger partial charge in [0.05, 0.1) is 0 Å². The van der Waals surface area contributed by atoms with Gasteiger partial charge < -0.3 is 5.32 Å². The molecule has 0 radical (unpaired) electrons. The van der Waals surface area contributed by atoms with Gasteiger partial charge in [-0.1, -0.05) is 32.9 Å². The fraction of sp³-hybridized carbons (Fsp3) is 0.625. The van der Waals surface area contributed by atoms with Crippen LogP contribution in [-0.4, -0.2) is 31.1 Å². The molecule has 0 bridgehead atoms. The van der Waals surface area contributed by atoms with Crippen LogP contribution in [0.2, 0.25) is 0 Å². The number of benzene rings is 1. The normalized spacial score (nSPS) is 19.4. The molecule has 0 amide bonds. The van der Waals surface area contributed by atoms with E-state index < -0.39 is 0 Å². The quantitative estimate of drug-likeness (QED) is 0.902. The van der Waals surface area contributed by atoms with Crippen molar-refractivity contribution in [2.75, 3.05) is 26.2 Å². The predicted molar refractivity (Wildman–Crippen MR) is 77.7 cm³/mol. The summed E-state index contributed by atoms with van der Waals surface area (Å²) in [5, 5.41) is 3.39. The Labute approximate surface area is 116 Å². The van der Waals surface area contributed by atoms with Crippen LogP contribution in [0.15, 0.2) is 24.3 Å². The molecule has 2 nitrogen and oxygen atoms in total. The third-order valence-electron chi connectivity index (χ3n) is 3.65. The summed E-state index contributed by atoms with van der Waals surface area (Å²) < 4.78 is 13.1. The zero-order valence-electron chi connectivity index (χ0n) is 12.2. The van der Waals surface area contributed by atoms with E-state index in [-0.39, 0.29) is 11.2 Å². The molecule has 1 unspecified atom stereocenters. The van der Waals surface area contributed by atoms with Gasteiger partial charge in [-0.25, -0.2) is 4.39 Å². The Morgan fingerprint density at radius 2 is 1.74 bits per heavy atom. The van der Waals surface area contributed by atoms with E-state index in [0.717, 1.165) is 32.6 Å². The van der Waals surface area contributed by atoms with Crippen molar-refractivity contribution in [3.05, 3.63) is 35.6 Å². The molecule has 1 aromatic rings. The monoisotopic (exact) mass is 264 g/mol. The molecule has 106 valence electrons. The maximum absolute atomic E-state index is 13.1. The van der Waals surface area contributed by atoms with Gasteiger partial charge in [0.15, 0.2) is 0 Å². The van der Waals surface area contributed by atoms with E-state index in [0.29, 0.717) is 6.04 Å². The summed E-state index contributed by atoms with van der Waals surface area (Å²) in [7, 11) is 0. The lowest BCUT2D eigenvalue weighted by molar-refractivity contribution is 0.132. The van der Waals surface area contributed by atoms with E-state index in [9.17, 15) is 4.39 Å². The van der Waals surface area contributed by atoms with Gasteiger partial charge in [-0.2, -0.15) is 0 Å². The molecule has 1 aliphatic rings. The third-order valence-corrected chi connectivity index (χ3v) is 3.65. The summed E-state index contributed by atoms with van der Waals surface area (Å²) in [5.74, 6) is -0.154. The summed E-state index contributed by atoms with van der Waals surface area (Å²) in [6.45, 7) is 11.0. The lowest BCUT2D eigenvalue weighted by Crippen LogP contribution is -2.45. The Hall–Kier alpha value is -0.930. The number of nitrogens with one attached hydrogen (secondary N) is 1. The minimum absolute atomic E-state index is 0.154. The number of halogens is 1. The second-order valence-electron chi connectivity index (χ2n) is 6.62. The van der Waals surface area contributed by atoms with Crippen molar-refractivity contribution in [2.45, 2.75) is 33.2 Å². The minimum atomic E-state index is -0.154. The van der Waals surface area contributed by atoms with Crippen LogP contribution < -0.4 is 5.32 Å². The van der Waals surface area contributed by atoms with E-state index in [1.807, 2.05) is 12.1 Å². The maximum Gasteiger partial charge on any atom is 0.123 e. The summed E-state index contributed by atoms with van der Waals surface area (Å²) in [5.41, 5.74) is 1.50. The van der Waals surface area contributed by atoms with Gasteiger partial charge in [-0.3, -0.25) is 4.90 Å². The Morgan fingerprint density at radius 3 is 2.26 bits per heavy atom. The van der Waals surface area contributed by atoms with Crippen LogP contribution in [0.25, 0.3) is 0 Å². The number of piperazine rings is 1. The minimum Gasteiger partial charge on any atom is -0.314 e. The molecule has 1 heterocycles. The zero-order chi connectivity index (χ0) is 13.9. The first-order chi connectivity index (χ1) is 8.96. The van der Waals surface area contributed by atoms with Gasteiger partial charge in [-0.15, -0.1) is 0 Å². The summed E-state index contributed by atoms with van der Waals surface area (Å²) >= 11 is 0. The Balaban J connectivity index is 2.19. The highest BCUT2D eigenvalue weighted by Crippen LogP contribution is 2.34. The van der Waals surface area contributed by atoms with Crippen LogP contribution >= 0.6 is 0 Å². The van der Waals surface area contributed by atoms with Gasteiger partial charge in [0, 0.05) is 32.2 Å². The summed E-state index contributed by atoms with van der Waals surface area (Å²) in [4.78, 5) is 2.52. The van der Waals surface area contributed by atoms with Crippen molar-refractivity contribution < 1.29 is 4.39 Å². The SMILES string of the molecule is CC(C)(C)CC(c1ccc(F)cc1)N1CCNCC1. The summed E-state index contributed by atoms with van der Waals surface area (Å²) in [6.07, 6.45) is 1.10. The topological polar surface area (TPSA) is 15.3 Å². The van der Waals surface area contributed by atoms with Gasteiger partial charge in [-0.05, 0) is 29.5 Å². The first kappa shape index (κ1) is 14.5. The second-order valence-corrected chi connectivity index (χ2v) is 6.62. The van der Waals surface area contributed by atoms with E-state index in [1.165, 1.54) is 5.56 Å². The third kappa shape index (κ3) is 4.29. The van der Waals surface area contributed by atoms with Crippen molar-refractivity contribution in [1.29, 1.82) is 0 Å². The lowest BCUT2D eigenvalue weighted by Gasteiger charge is -2.38. The molecule has 1 aliphatic heterocycles. The second kappa shape index (κ2) is 6.02. The highest BCUT2D eigenvalue weighted by Gasteiger charge is 2.26. The van der Waals surface area contributed by atoms with Gasteiger partial charge in [0.1, 0.15) is 5.82 Å². The predicted octanol–water partition coefficient (Wildman–Crippen LogP) is 3.21. The van der Waals surface area contributed by atoms with Gasteiger partial charge in [0.2, 0.25) is 0 Å². The molecule has 0 aliphatic carbocycles. The molecule has 0 spiro atoms. The highest BCUT2D eigenvalue weighted by atomic mass is 19.1. The molecule has 2 rings (SSSR count). The molecule has 1 saturated heterocycles. The largest absolute Gasteiger partial charge is 0.314 e. The number of rotatable bonds is 3. The van der Waals surface area contributed by atoms with E-state index in [4.69, 9.17) is 0 Å². The van der Waals surface area contributed by atoms with Crippen LogP contribution in [0.5, 0.6) is 0 Å². The maximum atomic E-state index is 13.1. The van der Waals surface area contributed by atoms with E-state index in [1.54, 1.807) is 12.1 Å². The van der Waals surface area contributed by atoms with Crippen LogP contribution in [0.4, 0.5) is 4.39 Å². The van der Waals surface area contributed by atoms with Gasteiger partial charge in [0.25, 0.3) is 0 Å². The molecule has 19 heavy (non-hydrogen) atoms. The Bertz CT molecular complexity index is 388. The van der Waals surface area contributed by atoms with Crippen molar-refractivity contribution in [2.24, 2.45) is 5.41 Å². The van der Waals surface area contributed by atoms with Crippen molar-refractivity contribution in [3.63, 3.8) is 0 Å². The Kier molecular flexibility index (Phi) is 4.58. The summed E-state index contributed by atoms with van der Waals surface area (Å²) in [6, 6.07) is 7.42.